The van der Waals surface area contributed by atoms with E-state index in [4.69, 9.17) is 10.5 Å². The van der Waals surface area contributed by atoms with Gasteiger partial charge in [0.15, 0.2) is 11.6 Å². The van der Waals surface area contributed by atoms with Crippen molar-refractivity contribution in [1.82, 2.24) is 19.7 Å². The van der Waals surface area contributed by atoms with Crippen molar-refractivity contribution in [1.29, 1.82) is 5.26 Å². The Hall–Kier alpha value is -3.24. The van der Waals surface area contributed by atoms with Crippen LogP contribution in [0.2, 0.25) is 0 Å². The Kier molecular flexibility index (Phi) is 5.79. The van der Waals surface area contributed by atoms with E-state index in [0.717, 1.165) is 18.5 Å². The fourth-order valence-electron chi connectivity index (χ4n) is 2.65. The first kappa shape index (κ1) is 18.5. The topological polar surface area (TPSA) is 103 Å². The summed E-state index contributed by atoms with van der Waals surface area (Å²) < 4.78 is 7.85. The van der Waals surface area contributed by atoms with Gasteiger partial charge in [-0.1, -0.05) is 13.8 Å². The first-order valence-electron chi connectivity index (χ1n) is 8.85. The summed E-state index contributed by atoms with van der Waals surface area (Å²) in [6.45, 7) is 5.61. The quantitative estimate of drug-likeness (QED) is 0.692. The normalized spacial score (nSPS) is 10.8. The molecule has 1 aromatic carbocycles. The minimum atomic E-state index is 0.482. The Bertz CT molecular complexity index is 940. The third-order valence-corrected chi connectivity index (χ3v) is 3.88. The summed E-state index contributed by atoms with van der Waals surface area (Å²) in [6, 6.07) is 7.34. The standard InChI is InChI=1S/C20H22N6O/c1-14(2)12-26-13-17(11-25-26)27-19-7-15(8-22)3-4-18(19)20-23-9-16(5-6-21)10-24-20/h3-4,7,9-11,13-14H,5-6,12,21H2,1-2H3. The van der Waals surface area contributed by atoms with Crippen molar-refractivity contribution in [3.05, 3.63) is 54.1 Å². The Balaban J connectivity index is 1.91. The fourth-order valence-corrected chi connectivity index (χ4v) is 2.65. The molecule has 2 aromatic heterocycles. The molecule has 0 amide bonds. The van der Waals surface area contributed by atoms with Gasteiger partial charge in [0.05, 0.1) is 29.6 Å². The van der Waals surface area contributed by atoms with Gasteiger partial charge in [-0.25, -0.2) is 9.97 Å². The molecule has 27 heavy (non-hydrogen) atoms. The predicted octanol–water partition coefficient (Wildman–Crippen LogP) is 3.16. The molecule has 3 rings (SSSR count). The number of aromatic nitrogens is 4. The first-order valence-corrected chi connectivity index (χ1v) is 8.85. The minimum absolute atomic E-state index is 0.482. The molecule has 0 radical (unpaired) electrons. The molecule has 0 aliphatic heterocycles. The number of nitrogens with zero attached hydrogens (tertiary/aromatic N) is 5. The van der Waals surface area contributed by atoms with Gasteiger partial charge < -0.3 is 10.5 Å². The molecule has 0 saturated carbocycles. The molecule has 7 heteroatoms. The molecule has 138 valence electrons. The summed E-state index contributed by atoms with van der Waals surface area (Å²) in [5.74, 6) is 2.14. The number of hydrogen-bond acceptors (Lipinski definition) is 6. The number of nitriles is 1. The van der Waals surface area contributed by atoms with Gasteiger partial charge in [-0.2, -0.15) is 10.4 Å². The molecule has 0 bridgehead atoms. The van der Waals surface area contributed by atoms with Gasteiger partial charge in [0.1, 0.15) is 5.75 Å². The molecule has 0 fully saturated rings. The highest BCUT2D eigenvalue weighted by molar-refractivity contribution is 5.66. The summed E-state index contributed by atoms with van der Waals surface area (Å²) in [5.41, 5.74) is 7.76. The Morgan fingerprint density at radius 1 is 1.22 bits per heavy atom. The van der Waals surface area contributed by atoms with Crippen LogP contribution in [0.3, 0.4) is 0 Å². The van der Waals surface area contributed by atoms with Crippen LogP contribution in [0.1, 0.15) is 25.0 Å². The second-order valence-corrected chi connectivity index (χ2v) is 6.67. The number of rotatable bonds is 7. The molecule has 0 saturated heterocycles. The average Bonchev–Trinajstić information content (AvgIpc) is 3.09. The lowest BCUT2D eigenvalue weighted by Gasteiger charge is -2.10. The minimum Gasteiger partial charge on any atom is -0.453 e. The average molecular weight is 362 g/mol. The number of nitrogens with two attached hydrogens (primary N) is 1. The van der Waals surface area contributed by atoms with E-state index in [2.05, 4.69) is 35.0 Å². The van der Waals surface area contributed by atoms with Gasteiger partial charge in [0.25, 0.3) is 0 Å². The molecule has 0 atom stereocenters. The summed E-state index contributed by atoms with van der Waals surface area (Å²) in [6.07, 6.45) is 7.76. The monoisotopic (exact) mass is 362 g/mol. The fraction of sp³-hybridized carbons (Fsp3) is 0.300. The number of ether oxygens (including phenoxy) is 1. The largest absolute Gasteiger partial charge is 0.453 e. The van der Waals surface area contributed by atoms with E-state index in [-0.39, 0.29) is 0 Å². The molecule has 2 N–H and O–H groups in total. The highest BCUT2D eigenvalue weighted by atomic mass is 16.5. The molecule has 7 nitrogen and oxygen atoms in total. The first-order chi connectivity index (χ1) is 13.1. The number of hydrogen-bond donors (Lipinski definition) is 1. The van der Waals surface area contributed by atoms with E-state index < -0.39 is 0 Å². The van der Waals surface area contributed by atoms with Crippen LogP contribution in [-0.2, 0) is 13.0 Å². The maximum Gasteiger partial charge on any atom is 0.165 e. The van der Waals surface area contributed by atoms with Crippen molar-refractivity contribution in [2.75, 3.05) is 6.54 Å². The lowest BCUT2D eigenvalue weighted by molar-refractivity contribution is 0.468. The maximum absolute atomic E-state index is 9.22. The smallest absolute Gasteiger partial charge is 0.165 e. The molecular weight excluding hydrogens is 340 g/mol. The van der Waals surface area contributed by atoms with E-state index in [0.29, 0.717) is 40.9 Å². The third-order valence-electron chi connectivity index (χ3n) is 3.88. The Labute approximate surface area is 158 Å². The second-order valence-electron chi connectivity index (χ2n) is 6.67. The molecule has 0 aliphatic carbocycles. The SMILES string of the molecule is CC(C)Cn1cc(Oc2cc(C#N)ccc2-c2ncc(CCN)cn2)cn1. The lowest BCUT2D eigenvalue weighted by Crippen LogP contribution is -2.04. The second kappa shape index (κ2) is 8.43. The highest BCUT2D eigenvalue weighted by Crippen LogP contribution is 2.32. The Morgan fingerprint density at radius 3 is 2.67 bits per heavy atom. The van der Waals surface area contributed by atoms with Crippen LogP contribution >= 0.6 is 0 Å². The molecular formula is C20H22N6O. The van der Waals surface area contributed by atoms with E-state index >= 15 is 0 Å². The van der Waals surface area contributed by atoms with Crippen molar-refractivity contribution in [2.24, 2.45) is 11.7 Å². The van der Waals surface area contributed by atoms with Crippen molar-refractivity contribution in [3.63, 3.8) is 0 Å². The zero-order valence-corrected chi connectivity index (χ0v) is 15.5. The van der Waals surface area contributed by atoms with Gasteiger partial charge >= 0.3 is 0 Å². The maximum atomic E-state index is 9.22. The summed E-state index contributed by atoms with van der Waals surface area (Å²) >= 11 is 0. The predicted molar refractivity (Wildman–Crippen MR) is 102 cm³/mol. The van der Waals surface area contributed by atoms with Crippen LogP contribution in [0.4, 0.5) is 0 Å². The van der Waals surface area contributed by atoms with Gasteiger partial charge in [0, 0.05) is 18.9 Å². The van der Waals surface area contributed by atoms with Crippen LogP contribution in [0.5, 0.6) is 11.5 Å². The molecule has 2 heterocycles. The van der Waals surface area contributed by atoms with Crippen LogP contribution in [-0.4, -0.2) is 26.3 Å². The highest BCUT2D eigenvalue weighted by Gasteiger charge is 2.13. The summed E-state index contributed by atoms with van der Waals surface area (Å²) in [4.78, 5) is 8.84. The van der Waals surface area contributed by atoms with Crippen LogP contribution < -0.4 is 10.5 Å². The molecule has 3 aromatic rings. The van der Waals surface area contributed by atoms with Crippen molar-refractivity contribution < 1.29 is 4.74 Å². The van der Waals surface area contributed by atoms with E-state index in [9.17, 15) is 5.26 Å². The van der Waals surface area contributed by atoms with Crippen LogP contribution in [0.25, 0.3) is 11.4 Å². The molecule has 0 spiro atoms. The van der Waals surface area contributed by atoms with E-state index in [1.807, 2.05) is 10.9 Å². The van der Waals surface area contributed by atoms with Gasteiger partial charge in [-0.15, -0.1) is 0 Å². The summed E-state index contributed by atoms with van der Waals surface area (Å²) in [5, 5.41) is 13.5. The summed E-state index contributed by atoms with van der Waals surface area (Å²) in [7, 11) is 0. The van der Waals surface area contributed by atoms with E-state index in [1.165, 1.54) is 0 Å². The van der Waals surface area contributed by atoms with E-state index in [1.54, 1.807) is 36.8 Å². The van der Waals surface area contributed by atoms with Crippen molar-refractivity contribution in [2.45, 2.75) is 26.8 Å². The van der Waals surface area contributed by atoms with Crippen molar-refractivity contribution in [3.8, 4) is 29.0 Å². The molecule has 0 aliphatic rings. The van der Waals surface area contributed by atoms with Crippen LogP contribution in [0, 0.1) is 17.2 Å². The van der Waals surface area contributed by atoms with Gasteiger partial charge in [-0.3, -0.25) is 4.68 Å². The molecule has 0 unspecified atom stereocenters. The van der Waals surface area contributed by atoms with Crippen molar-refractivity contribution >= 4 is 0 Å². The van der Waals surface area contributed by atoms with Crippen LogP contribution in [0.15, 0.2) is 43.0 Å². The third kappa shape index (κ3) is 4.68. The Morgan fingerprint density at radius 2 is 2.00 bits per heavy atom. The van der Waals surface area contributed by atoms with Gasteiger partial charge in [-0.05, 0) is 42.6 Å². The zero-order chi connectivity index (χ0) is 19.2. The zero-order valence-electron chi connectivity index (χ0n) is 15.5. The lowest BCUT2D eigenvalue weighted by atomic mass is 10.1. The van der Waals surface area contributed by atoms with Gasteiger partial charge in [0.2, 0.25) is 0 Å². The number of benzene rings is 1.